The fourth-order valence-corrected chi connectivity index (χ4v) is 2.24. The van der Waals surface area contributed by atoms with Crippen LogP contribution < -0.4 is 0 Å². The number of carbonyl (C=O) groups excluding carboxylic acids is 1. The molecule has 0 spiro atoms. The van der Waals surface area contributed by atoms with Crippen LogP contribution in [0, 0.1) is 11.3 Å². The van der Waals surface area contributed by atoms with E-state index in [-0.39, 0.29) is 17.8 Å². The Morgan fingerprint density at radius 1 is 1.53 bits per heavy atom. The van der Waals surface area contributed by atoms with Crippen molar-refractivity contribution in [1.29, 1.82) is 0 Å². The molecule has 0 bridgehead atoms. The van der Waals surface area contributed by atoms with Gasteiger partial charge in [-0.1, -0.05) is 13.8 Å². The van der Waals surface area contributed by atoms with Gasteiger partial charge in [0, 0.05) is 18.8 Å². The molecule has 1 saturated carbocycles. The molecule has 86 valence electrons. The largest absolute Gasteiger partial charge is 0.481 e. The Bertz CT molecular complexity index is 256. The third-order valence-corrected chi connectivity index (χ3v) is 3.22. The van der Waals surface area contributed by atoms with E-state index in [4.69, 9.17) is 5.11 Å². The topological polar surface area (TPSA) is 54.4 Å². The van der Waals surface area contributed by atoms with Gasteiger partial charge in [0.25, 0.3) is 0 Å². The van der Waals surface area contributed by atoms with Crippen LogP contribution in [0.4, 0.5) is 0 Å². The first kappa shape index (κ1) is 12.2. The Kier molecular flexibility index (Phi) is 3.89. The highest BCUT2D eigenvalue weighted by molar-refractivity contribution is 5.82. The molecular formula is C12H20O3. The number of ketones is 1. The van der Waals surface area contributed by atoms with Crippen LogP contribution in [0.3, 0.4) is 0 Å². The van der Waals surface area contributed by atoms with Crippen molar-refractivity contribution >= 4 is 11.8 Å². The summed E-state index contributed by atoms with van der Waals surface area (Å²) in [6.45, 7) is 4.25. The van der Waals surface area contributed by atoms with Crippen molar-refractivity contribution in [1.82, 2.24) is 0 Å². The van der Waals surface area contributed by atoms with Gasteiger partial charge in [0.05, 0.1) is 0 Å². The number of rotatable bonds is 4. The van der Waals surface area contributed by atoms with Gasteiger partial charge in [-0.25, -0.2) is 0 Å². The second kappa shape index (κ2) is 4.77. The molecule has 0 amide bonds. The summed E-state index contributed by atoms with van der Waals surface area (Å²) >= 11 is 0. The monoisotopic (exact) mass is 212 g/mol. The Hall–Kier alpha value is -0.860. The molecule has 3 nitrogen and oxygen atoms in total. The van der Waals surface area contributed by atoms with Crippen molar-refractivity contribution in [3.05, 3.63) is 0 Å². The summed E-state index contributed by atoms with van der Waals surface area (Å²) in [5.41, 5.74) is 0.153. The number of carboxylic acid groups (broad SMARTS) is 1. The molecule has 0 heterocycles. The van der Waals surface area contributed by atoms with Crippen LogP contribution in [-0.2, 0) is 9.59 Å². The highest BCUT2D eigenvalue weighted by Crippen LogP contribution is 2.37. The van der Waals surface area contributed by atoms with E-state index in [0.717, 1.165) is 19.3 Å². The highest BCUT2D eigenvalue weighted by atomic mass is 16.4. The van der Waals surface area contributed by atoms with Crippen LogP contribution in [0.5, 0.6) is 0 Å². The average molecular weight is 212 g/mol. The quantitative estimate of drug-likeness (QED) is 0.779. The Balaban J connectivity index is 2.32. The van der Waals surface area contributed by atoms with Gasteiger partial charge >= 0.3 is 5.97 Å². The molecule has 3 heteroatoms. The summed E-state index contributed by atoms with van der Waals surface area (Å²) in [4.78, 5) is 22.1. The predicted molar refractivity (Wildman–Crippen MR) is 57.6 cm³/mol. The first-order valence-electron chi connectivity index (χ1n) is 5.65. The van der Waals surface area contributed by atoms with Gasteiger partial charge in [0.1, 0.15) is 5.78 Å². The van der Waals surface area contributed by atoms with E-state index in [1.54, 1.807) is 0 Å². The molecule has 1 rings (SSSR count). The third-order valence-electron chi connectivity index (χ3n) is 3.22. The van der Waals surface area contributed by atoms with E-state index < -0.39 is 5.97 Å². The number of carboxylic acids is 1. The maximum atomic E-state index is 11.7. The van der Waals surface area contributed by atoms with Gasteiger partial charge in [-0.2, -0.15) is 0 Å². The van der Waals surface area contributed by atoms with Gasteiger partial charge in [-0.05, 0) is 31.1 Å². The molecule has 1 aliphatic rings. The van der Waals surface area contributed by atoms with E-state index in [2.05, 4.69) is 13.8 Å². The zero-order chi connectivity index (χ0) is 11.5. The molecule has 0 aliphatic heterocycles. The van der Waals surface area contributed by atoms with Crippen molar-refractivity contribution in [3.63, 3.8) is 0 Å². The summed E-state index contributed by atoms with van der Waals surface area (Å²) in [5, 5.41) is 8.51. The van der Waals surface area contributed by atoms with Crippen LogP contribution in [-0.4, -0.2) is 16.9 Å². The fraction of sp³-hybridized carbons (Fsp3) is 0.833. The van der Waals surface area contributed by atoms with Gasteiger partial charge < -0.3 is 5.11 Å². The van der Waals surface area contributed by atoms with Gasteiger partial charge in [0.2, 0.25) is 0 Å². The average Bonchev–Trinajstić information content (AvgIpc) is 2.07. The van der Waals surface area contributed by atoms with Gasteiger partial charge in [-0.3, -0.25) is 9.59 Å². The summed E-state index contributed by atoms with van der Waals surface area (Å²) < 4.78 is 0. The standard InChI is InChI=1S/C12H20O3/c1-12(2)7-6-9(10(13)8-12)4-3-5-11(14)15/h9H,3-8H2,1-2H3,(H,14,15). The number of Topliss-reactive ketones (excluding diaryl/α,β-unsaturated/α-hetero) is 1. The van der Waals surface area contributed by atoms with E-state index in [9.17, 15) is 9.59 Å². The fourth-order valence-electron chi connectivity index (χ4n) is 2.24. The Labute approximate surface area is 90.9 Å². The second-order valence-corrected chi connectivity index (χ2v) is 5.33. The number of carbonyl (C=O) groups is 2. The number of hydrogen-bond donors (Lipinski definition) is 1. The smallest absolute Gasteiger partial charge is 0.303 e. The van der Waals surface area contributed by atoms with E-state index in [1.165, 1.54) is 0 Å². The van der Waals surface area contributed by atoms with E-state index in [0.29, 0.717) is 18.6 Å². The third kappa shape index (κ3) is 4.02. The lowest BCUT2D eigenvalue weighted by Gasteiger charge is -2.33. The molecule has 1 N–H and O–H groups in total. The van der Waals surface area contributed by atoms with Crippen LogP contribution in [0.15, 0.2) is 0 Å². The van der Waals surface area contributed by atoms with Crippen LogP contribution in [0.2, 0.25) is 0 Å². The summed E-state index contributed by atoms with van der Waals surface area (Å²) in [7, 11) is 0. The van der Waals surface area contributed by atoms with E-state index >= 15 is 0 Å². The molecule has 1 aliphatic carbocycles. The normalized spacial score (nSPS) is 25.2. The minimum atomic E-state index is -0.765. The molecule has 1 unspecified atom stereocenters. The maximum absolute atomic E-state index is 11.7. The molecular weight excluding hydrogens is 192 g/mol. The molecule has 1 fully saturated rings. The van der Waals surface area contributed by atoms with E-state index in [1.807, 2.05) is 0 Å². The molecule has 1 atom stereocenters. The first-order valence-corrected chi connectivity index (χ1v) is 5.65. The SMILES string of the molecule is CC1(C)CCC(CCCC(=O)O)C(=O)C1. The summed E-state index contributed by atoms with van der Waals surface area (Å²) in [6.07, 6.45) is 4.24. The summed E-state index contributed by atoms with van der Waals surface area (Å²) in [6, 6.07) is 0. The zero-order valence-electron chi connectivity index (χ0n) is 9.58. The van der Waals surface area contributed by atoms with Crippen LogP contribution >= 0.6 is 0 Å². The maximum Gasteiger partial charge on any atom is 0.303 e. The van der Waals surface area contributed by atoms with Gasteiger partial charge in [0.15, 0.2) is 0 Å². The lowest BCUT2D eigenvalue weighted by atomic mass is 9.71. The Morgan fingerprint density at radius 2 is 2.20 bits per heavy atom. The molecule has 0 aromatic rings. The van der Waals surface area contributed by atoms with Crippen LogP contribution in [0.1, 0.15) is 52.4 Å². The van der Waals surface area contributed by atoms with Crippen molar-refractivity contribution in [2.24, 2.45) is 11.3 Å². The molecule has 15 heavy (non-hydrogen) atoms. The minimum Gasteiger partial charge on any atom is -0.481 e. The highest BCUT2D eigenvalue weighted by Gasteiger charge is 2.32. The molecule has 0 radical (unpaired) electrons. The predicted octanol–water partition coefficient (Wildman–Crippen LogP) is 2.64. The van der Waals surface area contributed by atoms with Crippen molar-refractivity contribution in [3.8, 4) is 0 Å². The molecule has 0 aromatic heterocycles. The molecule has 0 saturated heterocycles. The second-order valence-electron chi connectivity index (χ2n) is 5.33. The lowest BCUT2D eigenvalue weighted by Crippen LogP contribution is -2.30. The van der Waals surface area contributed by atoms with Gasteiger partial charge in [-0.15, -0.1) is 0 Å². The molecule has 0 aromatic carbocycles. The first-order chi connectivity index (χ1) is 6.91. The number of hydrogen-bond acceptors (Lipinski definition) is 2. The van der Waals surface area contributed by atoms with Crippen molar-refractivity contribution in [2.45, 2.75) is 52.4 Å². The number of aliphatic carboxylic acids is 1. The van der Waals surface area contributed by atoms with Crippen molar-refractivity contribution < 1.29 is 14.7 Å². The van der Waals surface area contributed by atoms with Crippen LogP contribution in [0.25, 0.3) is 0 Å². The van der Waals surface area contributed by atoms with Crippen molar-refractivity contribution in [2.75, 3.05) is 0 Å². The minimum absolute atomic E-state index is 0.123. The zero-order valence-corrected chi connectivity index (χ0v) is 9.58. The Morgan fingerprint density at radius 3 is 2.73 bits per heavy atom. The summed E-state index contributed by atoms with van der Waals surface area (Å²) in [5.74, 6) is -0.312. The lowest BCUT2D eigenvalue weighted by molar-refractivity contribution is -0.137.